The first kappa shape index (κ1) is 24.7. The van der Waals surface area contributed by atoms with Crippen molar-refractivity contribution >= 4 is 37.9 Å². The van der Waals surface area contributed by atoms with E-state index in [1.54, 1.807) is 0 Å². The van der Waals surface area contributed by atoms with Crippen LogP contribution >= 0.6 is 0 Å². The molecule has 0 radical (unpaired) electrons. The van der Waals surface area contributed by atoms with Crippen LogP contribution < -0.4 is 88.7 Å². The second-order valence-electron chi connectivity index (χ2n) is 1.18. The van der Waals surface area contributed by atoms with Crippen LogP contribution in [0.5, 0.6) is 0 Å². The van der Waals surface area contributed by atoms with Gasteiger partial charge in [-0.05, 0) is 0 Å². The summed E-state index contributed by atoms with van der Waals surface area (Å²) in [6, 6.07) is 0. The van der Waals surface area contributed by atoms with E-state index < -0.39 is 0 Å². The minimum Gasteiger partial charge on any atom is -0.740 e. The zero-order valence-corrected chi connectivity index (χ0v) is 16.0. The van der Waals surface area contributed by atoms with Gasteiger partial charge >= 0.3 is 88.7 Å². The van der Waals surface area contributed by atoms with Gasteiger partial charge in [0.1, 0.15) is 0 Å². The molecule has 0 aliphatic rings. The zero-order valence-electron chi connectivity index (χ0n) is 7.57. The van der Waals surface area contributed by atoms with Crippen molar-refractivity contribution in [1.82, 2.24) is 15.0 Å². The quantitative estimate of drug-likeness (QED) is 0.341. The zero-order chi connectivity index (χ0) is 6.85. The van der Waals surface area contributed by atoms with Crippen LogP contribution in [0.1, 0.15) is 0 Å². The molecule has 56 valence electrons. The third kappa shape index (κ3) is 10.9. The molecule has 0 atom stereocenters. The van der Waals surface area contributed by atoms with Crippen molar-refractivity contribution in [2.45, 2.75) is 15.5 Å². The summed E-state index contributed by atoms with van der Waals surface area (Å²) >= 11 is 13.8. The first-order chi connectivity index (χ1) is 4.18. The molecular weight excluding hydrogens is 259 g/mol. The van der Waals surface area contributed by atoms with Crippen LogP contribution in [0.4, 0.5) is 0 Å². The van der Waals surface area contributed by atoms with Crippen molar-refractivity contribution in [1.29, 1.82) is 0 Å². The van der Waals surface area contributed by atoms with Gasteiger partial charge in [-0.3, -0.25) is 15.0 Å². The summed E-state index contributed by atoms with van der Waals surface area (Å²) < 4.78 is 0. The maximum absolute atomic E-state index is 4.59. The topological polar surface area (TPSA) is 70.2 Å². The normalized spacial score (nSPS) is 6.46. The van der Waals surface area contributed by atoms with E-state index in [0.29, 0.717) is 0 Å². The molecule has 1 heterocycles. The van der Waals surface area contributed by atoms with E-state index in [1.807, 2.05) is 0 Å². The SMILES string of the molecule is O.[Na+].[Na+].[Na+].[S-]c1nc([S-])nc([S-])n1. The average molecular weight is 261 g/mol. The standard InChI is InChI=1S/C3H3N3S3.3Na.H2O/c7-1-4-2(8)6-3(9)5-1;;;;/h(H3,4,5,6,7,8,9);;;;1H2/q;3*+1;/p-3. The fourth-order valence-electron chi connectivity index (χ4n) is 0.320. The van der Waals surface area contributed by atoms with Gasteiger partial charge in [-0.15, -0.1) is 0 Å². The van der Waals surface area contributed by atoms with Crippen molar-refractivity contribution in [3.8, 4) is 0 Å². The number of hydrogen-bond donors (Lipinski definition) is 0. The molecule has 2 N–H and O–H groups in total. The second-order valence-corrected chi connectivity index (χ2v) is 2.28. The average Bonchev–Trinajstić information content (AvgIpc) is 1.59. The van der Waals surface area contributed by atoms with Gasteiger partial charge in [-0.2, -0.15) is 0 Å². The molecule has 1 rings (SSSR count). The molecule has 4 nitrogen and oxygen atoms in total. The van der Waals surface area contributed by atoms with Crippen molar-refractivity contribution in [3.05, 3.63) is 0 Å². The molecular formula is C3H2N3Na3OS3. The summed E-state index contributed by atoms with van der Waals surface area (Å²) in [7, 11) is 0. The molecule has 0 bridgehead atoms. The molecule has 13 heavy (non-hydrogen) atoms. The summed E-state index contributed by atoms with van der Waals surface area (Å²) in [5.74, 6) is 0. The van der Waals surface area contributed by atoms with Gasteiger partial charge in [0.05, 0.1) is 0 Å². The van der Waals surface area contributed by atoms with Crippen molar-refractivity contribution in [3.63, 3.8) is 0 Å². The number of hydrogen-bond acceptors (Lipinski definition) is 6. The maximum atomic E-state index is 4.59. The van der Waals surface area contributed by atoms with E-state index in [9.17, 15) is 0 Å². The van der Waals surface area contributed by atoms with Crippen LogP contribution in [0.25, 0.3) is 0 Å². The van der Waals surface area contributed by atoms with Gasteiger partial charge in [-0.1, -0.05) is 0 Å². The van der Waals surface area contributed by atoms with Crippen LogP contribution in [-0.4, -0.2) is 20.4 Å². The summed E-state index contributed by atoms with van der Waals surface area (Å²) in [6.07, 6.45) is 0. The summed E-state index contributed by atoms with van der Waals surface area (Å²) in [4.78, 5) is 10.7. The second kappa shape index (κ2) is 12.7. The summed E-state index contributed by atoms with van der Waals surface area (Å²) in [5.41, 5.74) is 0. The van der Waals surface area contributed by atoms with Gasteiger partial charge in [-0.25, -0.2) is 0 Å². The van der Waals surface area contributed by atoms with Crippen LogP contribution in [0.15, 0.2) is 15.5 Å². The van der Waals surface area contributed by atoms with Gasteiger partial charge in [0.15, 0.2) is 0 Å². The molecule has 10 heteroatoms. The fourth-order valence-corrected chi connectivity index (χ4v) is 1.01. The molecule has 0 saturated heterocycles. The predicted molar refractivity (Wildman–Crippen MR) is 40.3 cm³/mol. The Kier molecular flexibility index (Phi) is 24.2. The van der Waals surface area contributed by atoms with Crippen molar-refractivity contribution in [2.75, 3.05) is 0 Å². The molecule has 0 aliphatic heterocycles. The summed E-state index contributed by atoms with van der Waals surface area (Å²) in [6.45, 7) is 0. The van der Waals surface area contributed by atoms with Gasteiger partial charge in [0.25, 0.3) is 0 Å². The number of rotatable bonds is 0. The number of nitrogens with zero attached hydrogens (tertiary/aromatic N) is 3. The Labute approximate surface area is 159 Å². The molecule has 0 spiro atoms. The molecule has 0 amide bonds. The van der Waals surface area contributed by atoms with Gasteiger partial charge < -0.3 is 43.4 Å². The minimum absolute atomic E-state index is 0. The Hall–Kier alpha value is 2.63. The Morgan fingerprint density at radius 3 is 0.923 bits per heavy atom. The van der Waals surface area contributed by atoms with Crippen LogP contribution in [0, 0.1) is 0 Å². The van der Waals surface area contributed by atoms with Crippen LogP contribution in [0.2, 0.25) is 0 Å². The first-order valence-electron chi connectivity index (χ1n) is 1.95. The third-order valence-corrected chi connectivity index (χ3v) is 1.12. The van der Waals surface area contributed by atoms with Crippen molar-refractivity contribution in [2.24, 2.45) is 0 Å². The Bertz CT molecular complexity index is 190. The Morgan fingerprint density at radius 1 is 0.615 bits per heavy atom. The van der Waals surface area contributed by atoms with Crippen LogP contribution in [0.3, 0.4) is 0 Å². The van der Waals surface area contributed by atoms with E-state index in [1.165, 1.54) is 0 Å². The monoisotopic (exact) mass is 261 g/mol. The molecule has 1 aromatic rings. The van der Waals surface area contributed by atoms with E-state index in [4.69, 9.17) is 0 Å². The van der Waals surface area contributed by atoms with Crippen LogP contribution in [-0.2, 0) is 37.9 Å². The van der Waals surface area contributed by atoms with Crippen molar-refractivity contribution < 1.29 is 94.1 Å². The van der Waals surface area contributed by atoms with E-state index in [-0.39, 0.29) is 110 Å². The summed E-state index contributed by atoms with van der Waals surface area (Å²) in [5, 5.41) is 0.500. The smallest absolute Gasteiger partial charge is 0.740 e. The van der Waals surface area contributed by atoms with E-state index in [0.717, 1.165) is 0 Å². The molecule has 0 fully saturated rings. The molecule has 0 saturated carbocycles. The van der Waals surface area contributed by atoms with Gasteiger partial charge in [0, 0.05) is 15.5 Å². The number of aromatic nitrogens is 3. The Morgan fingerprint density at radius 2 is 0.769 bits per heavy atom. The van der Waals surface area contributed by atoms with Gasteiger partial charge in [0.2, 0.25) is 0 Å². The molecule has 0 aliphatic carbocycles. The van der Waals surface area contributed by atoms with E-state index in [2.05, 4.69) is 52.8 Å². The van der Waals surface area contributed by atoms with E-state index >= 15 is 0 Å². The maximum Gasteiger partial charge on any atom is 1.00 e. The molecule has 1 aromatic heterocycles. The largest absolute Gasteiger partial charge is 1.00 e. The third-order valence-electron chi connectivity index (χ3n) is 0.574. The minimum atomic E-state index is 0. The molecule has 0 unspecified atom stereocenters. The first-order valence-corrected chi connectivity index (χ1v) is 3.18. The Balaban J connectivity index is -0.000000101. The predicted octanol–water partition coefficient (Wildman–Crippen LogP) is -10.2. The fraction of sp³-hybridized carbons (Fsp3) is 0. The molecule has 0 aromatic carbocycles.